The molecule has 1 aliphatic rings. The molecule has 0 bridgehead atoms. The maximum Gasteiger partial charge on any atom is 0.589 e. The Kier molecular flexibility index (Phi) is 5.34. The van der Waals surface area contributed by atoms with Gasteiger partial charge in [0.1, 0.15) is 11.5 Å². The molecule has 1 saturated heterocycles. The number of phosphoric ester groups is 1. The highest BCUT2D eigenvalue weighted by molar-refractivity contribution is 7.49. The standard InChI is InChI=1S/C17H19O5P/c18-23(20-15-9-3-1-4-10-15,21-16-11-5-2-6-12-16)22-17-13-7-8-14-19-17/h1-6,9-12,17H,7-8,13-14H2. The van der Waals surface area contributed by atoms with Crippen molar-refractivity contribution in [1.29, 1.82) is 0 Å². The Labute approximate surface area is 135 Å². The third kappa shape index (κ3) is 4.83. The quantitative estimate of drug-likeness (QED) is 0.711. The van der Waals surface area contributed by atoms with E-state index >= 15 is 0 Å². The van der Waals surface area contributed by atoms with Gasteiger partial charge in [-0.1, -0.05) is 36.4 Å². The van der Waals surface area contributed by atoms with Gasteiger partial charge in [0.25, 0.3) is 0 Å². The van der Waals surface area contributed by atoms with Crippen molar-refractivity contribution in [2.45, 2.75) is 25.6 Å². The summed E-state index contributed by atoms with van der Waals surface area (Å²) >= 11 is 0. The zero-order valence-electron chi connectivity index (χ0n) is 12.7. The molecular formula is C17H19O5P. The zero-order chi connectivity index (χ0) is 16.0. The summed E-state index contributed by atoms with van der Waals surface area (Å²) in [7, 11) is -3.86. The van der Waals surface area contributed by atoms with E-state index in [1.54, 1.807) is 48.5 Å². The third-order valence-corrected chi connectivity index (χ3v) is 4.67. The van der Waals surface area contributed by atoms with Gasteiger partial charge in [0.05, 0.1) is 0 Å². The molecule has 1 atom stereocenters. The van der Waals surface area contributed by atoms with Gasteiger partial charge in [-0.2, -0.15) is 0 Å². The molecule has 1 fully saturated rings. The van der Waals surface area contributed by atoms with E-state index in [1.165, 1.54) is 0 Å². The first-order chi connectivity index (χ1) is 11.2. The summed E-state index contributed by atoms with van der Waals surface area (Å²) < 4.78 is 35.2. The van der Waals surface area contributed by atoms with Gasteiger partial charge in [-0.25, -0.2) is 9.09 Å². The van der Waals surface area contributed by atoms with Gasteiger partial charge in [0.2, 0.25) is 0 Å². The average molecular weight is 334 g/mol. The number of phosphoric acid groups is 1. The molecule has 122 valence electrons. The minimum atomic E-state index is -3.86. The van der Waals surface area contributed by atoms with Crippen molar-refractivity contribution in [1.82, 2.24) is 0 Å². The Morgan fingerprint density at radius 3 is 1.91 bits per heavy atom. The van der Waals surface area contributed by atoms with Crippen LogP contribution in [0.15, 0.2) is 60.7 Å². The summed E-state index contributed by atoms with van der Waals surface area (Å²) in [6, 6.07) is 17.7. The molecule has 1 heterocycles. The van der Waals surface area contributed by atoms with Gasteiger partial charge in [-0.15, -0.1) is 0 Å². The average Bonchev–Trinajstić information content (AvgIpc) is 2.57. The van der Waals surface area contributed by atoms with E-state index in [2.05, 4.69) is 0 Å². The van der Waals surface area contributed by atoms with Crippen LogP contribution in [-0.2, 0) is 13.8 Å². The lowest BCUT2D eigenvalue weighted by atomic mass is 10.2. The molecule has 0 radical (unpaired) electrons. The number of benzene rings is 2. The fraction of sp³-hybridized carbons (Fsp3) is 0.294. The summed E-state index contributed by atoms with van der Waals surface area (Å²) in [6.45, 7) is 0.585. The van der Waals surface area contributed by atoms with Gasteiger partial charge < -0.3 is 13.8 Å². The summed E-state index contributed by atoms with van der Waals surface area (Å²) in [5.41, 5.74) is 0. The van der Waals surface area contributed by atoms with Crippen LogP contribution in [0.4, 0.5) is 0 Å². The van der Waals surface area contributed by atoms with E-state index in [1.807, 2.05) is 12.1 Å². The van der Waals surface area contributed by atoms with Gasteiger partial charge >= 0.3 is 7.82 Å². The summed E-state index contributed by atoms with van der Waals surface area (Å²) in [4.78, 5) is 0. The van der Waals surface area contributed by atoms with Crippen LogP contribution in [0.5, 0.6) is 11.5 Å². The van der Waals surface area contributed by atoms with Crippen molar-refractivity contribution in [3.63, 3.8) is 0 Å². The van der Waals surface area contributed by atoms with E-state index in [0.717, 1.165) is 12.8 Å². The molecule has 0 N–H and O–H groups in total. The highest BCUT2D eigenvalue weighted by Gasteiger charge is 2.35. The fourth-order valence-electron chi connectivity index (χ4n) is 2.22. The van der Waals surface area contributed by atoms with E-state index in [9.17, 15) is 4.57 Å². The molecule has 2 aromatic rings. The van der Waals surface area contributed by atoms with Crippen molar-refractivity contribution >= 4 is 7.82 Å². The molecule has 5 nitrogen and oxygen atoms in total. The first-order valence-electron chi connectivity index (χ1n) is 7.63. The predicted molar refractivity (Wildman–Crippen MR) is 86.4 cm³/mol. The van der Waals surface area contributed by atoms with Crippen molar-refractivity contribution in [2.24, 2.45) is 0 Å². The second-order valence-electron chi connectivity index (χ2n) is 5.16. The topological polar surface area (TPSA) is 54.0 Å². The van der Waals surface area contributed by atoms with Crippen LogP contribution in [0.2, 0.25) is 0 Å². The molecule has 3 rings (SSSR count). The highest BCUT2D eigenvalue weighted by Crippen LogP contribution is 2.51. The SMILES string of the molecule is O=P(Oc1ccccc1)(Oc1ccccc1)OC1CCCCO1. The van der Waals surface area contributed by atoms with Crippen molar-refractivity contribution in [2.75, 3.05) is 6.61 Å². The van der Waals surface area contributed by atoms with Crippen molar-refractivity contribution in [3.8, 4) is 11.5 Å². The first kappa shape index (κ1) is 16.1. The van der Waals surface area contributed by atoms with E-state index in [-0.39, 0.29) is 0 Å². The molecule has 2 aromatic carbocycles. The maximum absolute atomic E-state index is 13.1. The summed E-state index contributed by atoms with van der Waals surface area (Å²) in [5.74, 6) is 0.838. The molecule has 0 amide bonds. The molecular weight excluding hydrogens is 315 g/mol. The lowest BCUT2D eigenvalue weighted by Gasteiger charge is -2.26. The van der Waals surface area contributed by atoms with Crippen LogP contribution in [0.3, 0.4) is 0 Å². The monoisotopic (exact) mass is 334 g/mol. The van der Waals surface area contributed by atoms with Crippen LogP contribution in [-0.4, -0.2) is 12.9 Å². The lowest BCUT2D eigenvalue weighted by Crippen LogP contribution is -2.23. The number of rotatable bonds is 6. The molecule has 1 aliphatic heterocycles. The summed E-state index contributed by atoms with van der Waals surface area (Å²) in [6.07, 6.45) is 2.02. The van der Waals surface area contributed by atoms with E-state index in [0.29, 0.717) is 24.5 Å². The molecule has 23 heavy (non-hydrogen) atoms. The fourth-order valence-corrected chi connectivity index (χ4v) is 3.56. The van der Waals surface area contributed by atoms with Crippen LogP contribution in [0, 0.1) is 0 Å². The van der Waals surface area contributed by atoms with Gasteiger partial charge in [0, 0.05) is 6.61 Å². The van der Waals surface area contributed by atoms with Crippen LogP contribution in [0.25, 0.3) is 0 Å². The van der Waals surface area contributed by atoms with Gasteiger partial charge in [-0.05, 0) is 43.5 Å². The van der Waals surface area contributed by atoms with Gasteiger partial charge in [0.15, 0.2) is 6.29 Å². The maximum atomic E-state index is 13.1. The molecule has 0 saturated carbocycles. The lowest BCUT2D eigenvalue weighted by molar-refractivity contribution is -0.114. The minimum absolute atomic E-state index is 0.419. The normalized spacial score (nSPS) is 18.3. The molecule has 0 aliphatic carbocycles. The number of ether oxygens (including phenoxy) is 1. The molecule has 1 unspecified atom stereocenters. The smallest absolute Gasteiger partial charge is 0.395 e. The highest BCUT2D eigenvalue weighted by atomic mass is 31.2. The zero-order valence-corrected chi connectivity index (χ0v) is 13.6. The number of para-hydroxylation sites is 2. The minimum Gasteiger partial charge on any atom is -0.395 e. The van der Waals surface area contributed by atoms with Crippen LogP contribution >= 0.6 is 7.82 Å². The third-order valence-electron chi connectivity index (χ3n) is 3.31. The summed E-state index contributed by atoms with van der Waals surface area (Å²) in [5, 5.41) is 0. The van der Waals surface area contributed by atoms with Crippen LogP contribution < -0.4 is 9.05 Å². The Hall–Kier alpha value is -1.81. The van der Waals surface area contributed by atoms with Crippen molar-refractivity contribution in [3.05, 3.63) is 60.7 Å². The Balaban J connectivity index is 1.77. The molecule has 6 heteroatoms. The Morgan fingerprint density at radius 1 is 0.870 bits per heavy atom. The first-order valence-corrected chi connectivity index (χ1v) is 9.09. The Morgan fingerprint density at radius 2 is 1.43 bits per heavy atom. The van der Waals surface area contributed by atoms with Crippen molar-refractivity contribution < 1.29 is 22.9 Å². The Bertz CT molecular complexity index is 595. The van der Waals surface area contributed by atoms with E-state index in [4.69, 9.17) is 18.3 Å². The second-order valence-corrected chi connectivity index (χ2v) is 6.63. The van der Waals surface area contributed by atoms with Gasteiger partial charge in [-0.3, -0.25) is 0 Å². The number of hydrogen-bond donors (Lipinski definition) is 0. The number of hydrogen-bond acceptors (Lipinski definition) is 5. The second kappa shape index (κ2) is 7.64. The molecule has 0 aromatic heterocycles. The van der Waals surface area contributed by atoms with E-state index < -0.39 is 14.1 Å². The van der Waals surface area contributed by atoms with Crippen LogP contribution in [0.1, 0.15) is 19.3 Å². The predicted octanol–water partition coefficient (Wildman–Crippen LogP) is 4.80. The largest absolute Gasteiger partial charge is 0.589 e. The molecule has 0 spiro atoms.